The van der Waals surface area contributed by atoms with Crippen LogP contribution < -0.4 is 0 Å². The lowest BCUT2D eigenvalue weighted by atomic mass is 10.1. The number of rotatable bonds is 4. The third kappa shape index (κ3) is 3.02. The fraction of sp³-hybridized carbons (Fsp3) is 0.636. The number of hydrogen-bond acceptors (Lipinski definition) is 4. The maximum Gasteiger partial charge on any atom is 0.303 e. The molecule has 1 aliphatic heterocycles. The monoisotopic (exact) mass is 241 g/mol. The van der Waals surface area contributed by atoms with Crippen LogP contribution in [0.1, 0.15) is 41.7 Å². The molecule has 2 heterocycles. The Kier molecular flexibility index (Phi) is 3.90. The van der Waals surface area contributed by atoms with Gasteiger partial charge in [-0.05, 0) is 25.7 Å². The second-order valence-electron chi connectivity index (χ2n) is 3.91. The van der Waals surface area contributed by atoms with E-state index in [1.54, 1.807) is 17.5 Å². The summed E-state index contributed by atoms with van der Waals surface area (Å²) in [6.07, 6.45) is 6.01. The number of nitrogens with zero attached hydrogens (tertiary/aromatic N) is 1. The Morgan fingerprint density at radius 2 is 2.50 bits per heavy atom. The molecule has 1 saturated heterocycles. The van der Waals surface area contributed by atoms with Gasteiger partial charge in [-0.25, -0.2) is 4.98 Å². The molecular weight excluding hydrogens is 226 g/mol. The van der Waals surface area contributed by atoms with Gasteiger partial charge in [0.15, 0.2) is 0 Å². The number of aliphatic carboxylic acids is 1. The molecule has 4 nitrogen and oxygen atoms in total. The number of hydrogen-bond donors (Lipinski definition) is 1. The standard InChI is InChI=1S/C11H15NO3S/c13-10(14)5-4-8-7-12-11(16-8)9-3-1-2-6-15-9/h7,9H,1-6H2,(H,13,14). The lowest BCUT2D eigenvalue weighted by Gasteiger charge is -2.20. The summed E-state index contributed by atoms with van der Waals surface area (Å²) in [5, 5.41) is 9.59. The molecule has 1 aromatic heterocycles. The number of thiazole rings is 1. The molecule has 1 aromatic rings. The highest BCUT2D eigenvalue weighted by Gasteiger charge is 2.19. The van der Waals surface area contributed by atoms with E-state index >= 15 is 0 Å². The molecule has 5 heteroatoms. The lowest BCUT2D eigenvalue weighted by molar-refractivity contribution is -0.136. The third-order valence-electron chi connectivity index (χ3n) is 2.61. The second kappa shape index (κ2) is 5.41. The zero-order chi connectivity index (χ0) is 11.4. The van der Waals surface area contributed by atoms with Gasteiger partial charge in [0.05, 0.1) is 6.42 Å². The SMILES string of the molecule is O=C(O)CCc1cnc(C2CCCCO2)s1. The summed E-state index contributed by atoms with van der Waals surface area (Å²) in [5.74, 6) is -0.760. The highest BCUT2D eigenvalue weighted by atomic mass is 32.1. The number of carboxylic acids is 1. The van der Waals surface area contributed by atoms with Gasteiger partial charge in [-0.1, -0.05) is 0 Å². The average Bonchev–Trinajstić information content (AvgIpc) is 2.76. The summed E-state index contributed by atoms with van der Waals surface area (Å²) in [7, 11) is 0. The Hall–Kier alpha value is -0.940. The summed E-state index contributed by atoms with van der Waals surface area (Å²) >= 11 is 1.58. The van der Waals surface area contributed by atoms with E-state index in [2.05, 4.69) is 4.98 Å². The zero-order valence-corrected chi connectivity index (χ0v) is 9.83. The van der Waals surface area contributed by atoms with Crippen LogP contribution in [0, 0.1) is 0 Å². The topological polar surface area (TPSA) is 59.4 Å². The van der Waals surface area contributed by atoms with Crippen molar-refractivity contribution in [2.24, 2.45) is 0 Å². The molecule has 0 amide bonds. The number of aromatic nitrogens is 1. The van der Waals surface area contributed by atoms with Gasteiger partial charge < -0.3 is 9.84 Å². The Morgan fingerprint density at radius 3 is 3.19 bits per heavy atom. The van der Waals surface area contributed by atoms with Crippen molar-refractivity contribution in [3.63, 3.8) is 0 Å². The fourth-order valence-corrected chi connectivity index (χ4v) is 2.75. The predicted molar refractivity (Wildman–Crippen MR) is 60.6 cm³/mol. The Bertz CT molecular complexity index is 358. The van der Waals surface area contributed by atoms with Crippen molar-refractivity contribution < 1.29 is 14.6 Å². The third-order valence-corrected chi connectivity index (χ3v) is 3.76. The van der Waals surface area contributed by atoms with Crippen LogP contribution >= 0.6 is 11.3 Å². The highest BCUT2D eigenvalue weighted by molar-refractivity contribution is 7.11. The van der Waals surface area contributed by atoms with Crippen molar-refractivity contribution in [2.75, 3.05) is 6.61 Å². The maximum absolute atomic E-state index is 10.4. The molecule has 88 valence electrons. The first kappa shape index (κ1) is 11.5. The molecule has 1 fully saturated rings. The van der Waals surface area contributed by atoms with Crippen molar-refractivity contribution in [3.05, 3.63) is 16.1 Å². The van der Waals surface area contributed by atoms with Crippen LogP contribution in [-0.4, -0.2) is 22.7 Å². The van der Waals surface area contributed by atoms with E-state index in [1.807, 2.05) is 0 Å². The normalized spacial score (nSPS) is 20.9. The van der Waals surface area contributed by atoms with Crippen LogP contribution in [0.25, 0.3) is 0 Å². The number of carboxylic acid groups (broad SMARTS) is 1. The van der Waals surface area contributed by atoms with Crippen molar-refractivity contribution in [2.45, 2.75) is 38.2 Å². The van der Waals surface area contributed by atoms with E-state index in [4.69, 9.17) is 9.84 Å². The van der Waals surface area contributed by atoms with Crippen LogP contribution in [0.2, 0.25) is 0 Å². The van der Waals surface area contributed by atoms with E-state index in [0.29, 0.717) is 6.42 Å². The summed E-state index contributed by atoms with van der Waals surface area (Å²) < 4.78 is 5.63. The van der Waals surface area contributed by atoms with Crippen LogP contribution in [0.4, 0.5) is 0 Å². The van der Waals surface area contributed by atoms with Gasteiger partial charge in [-0.2, -0.15) is 0 Å². The van der Waals surface area contributed by atoms with Gasteiger partial charge in [0.25, 0.3) is 0 Å². The molecule has 0 bridgehead atoms. The predicted octanol–water partition coefficient (Wildman–Crippen LogP) is 2.40. The van der Waals surface area contributed by atoms with Crippen LogP contribution in [0.5, 0.6) is 0 Å². The zero-order valence-electron chi connectivity index (χ0n) is 9.02. The van der Waals surface area contributed by atoms with Crippen LogP contribution in [-0.2, 0) is 16.0 Å². The molecule has 2 rings (SSSR count). The summed E-state index contributed by atoms with van der Waals surface area (Å²) in [4.78, 5) is 15.8. The first-order valence-electron chi connectivity index (χ1n) is 5.53. The van der Waals surface area contributed by atoms with E-state index in [1.165, 1.54) is 6.42 Å². The second-order valence-corrected chi connectivity index (χ2v) is 5.06. The van der Waals surface area contributed by atoms with Crippen molar-refractivity contribution >= 4 is 17.3 Å². The lowest BCUT2D eigenvalue weighted by Crippen LogP contribution is -2.10. The first-order valence-corrected chi connectivity index (χ1v) is 6.35. The van der Waals surface area contributed by atoms with Gasteiger partial charge in [-0.15, -0.1) is 11.3 Å². The Balaban J connectivity index is 1.93. The van der Waals surface area contributed by atoms with Gasteiger partial charge in [-0.3, -0.25) is 4.79 Å². The molecule has 0 spiro atoms. The van der Waals surface area contributed by atoms with Crippen LogP contribution in [0.15, 0.2) is 6.20 Å². The minimum atomic E-state index is -0.760. The molecule has 0 aromatic carbocycles. The van der Waals surface area contributed by atoms with Crippen molar-refractivity contribution in [3.8, 4) is 0 Å². The molecule has 0 aliphatic carbocycles. The molecule has 1 N–H and O–H groups in total. The molecule has 0 saturated carbocycles. The Morgan fingerprint density at radius 1 is 1.62 bits per heavy atom. The largest absolute Gasteiger partial charge is 0.481 e. The molecule has 0 radical (unpaired) electrons. The molecular formula is C11H15NO3S. The van der Waals surface area contributed by atoms with Gasteiger partial charge in [0.1, 0.15) is 11.1 Å². The smallest absolute Gasteiger partial charge is 0.303 e. The number of carbonyl (C=O) groups is 1. The van der Waals surface area contributed by atoms with E-state index < -0.39 is 5.97 Å². The maximum atomic E-state index is 10.4. The number of ether oxygens (including phenoxy) is 1. The minimum Gasteiger partial charge on any atom is -0.481 e. The minimum absolute atomic E-state index is 0.136. The first-order chi connectivity index (χ1) is 7.75. The summed E-state index contributed by atoms with van der Waals surface area (Å²) in [5.41, 5.74) is 0. The van der Waals surface area contributed by atoms with E-state index in [9.17, 15) is 4.79 Å². The molecule has 16 heavy (non-hydrogen) atoms. The molecule has 1 atom stereocenters. The van der Waals surface area contributed by atoms with E-state index in [0.717, 1.165) is 29.3 Å². The van der Waals surface area contributed by atoms with Crippen molar-refractivity contribution in [1.82, 2.24) is 4.98 Å². The van der Waals surface area contributed by atoms with Gasteiger partial charge in [0, 0.05) is 17.7 Å². The summed E-state index contributed by atoms with van der Waals surface area (Å²) in [6.45, 7) is 0.814. The molecule has 1 aliphatic rings. The molecule has 1 unspecified atom stereocenters. The van der Waals surface area contributed by atoms with Gasteiger partial charge >= 0.3 is 5.97 Å². The van der Waals surface area contributed by atoms with Gasteiger partial charge in [0.2, 0.25) is 0 Å². The highest BCUT2D eigenvalue weighted by Crippen LogP contribution is 2.30. The average molecular weight is 241 g/mol. The Labute approximate surface area is 98.3 Å². The van der Waals surface area contributed by atoms with Crippen molar-refractivity contribution in [1.29, 1.82) is 0 Å². The summed E-state index contributed by atoms with van der Waals surface area (Å²) in [6, 6.07) is 0. The number of aryl methyl sites for hydroxylation is 1. The fourth-order valence-electron chi connectivity index (χ4n) is 1.75. The quantitative estimate of drug-likeness (QED) is 0.879. The van der Waals surface area contributed by atoms with E-state index in [-0.39, 0.29) is 12.5 Å². The van der Waals surface area contributed by atoms with Crippen LogP contribution in [0.3, 0.4) is 0 Å².